The first-order chi connectivity index (χ1) is 11.4. The smallest absolute Gasteiger partial charge is 0.238 e. The van der Waals surface area contributed by atoms with Crippen LogP contribution < -0.4 is 5.32 Å². The van der Waals surface area contributed by atoms with E-state index in [1.54, 1.807) is 12.3 Å². The van der Waals surface area contributed by atoms with Gasteiger partial charge in [-0.1, -0.05) is 24.3 Å². The van der Waals surface area contributed by atoms with Crippen molar-refractivity contribution in [3.8, 4) is 0 Å². The molecule has 1 aliphatic heterocycles. The highest BCUT2D eigenvalue weighted by molar-refractivity contribution is 7.88. The van der Waals surface area contributed by atoms with Crippen LogP contribution in [0.3, 0.4) is 0 Å². The Bertz CT molecular complexity index is 815. The molecule has 1 amide bonds. The van der Waals surface area contributed by atoms with Crippen molar-refractivity contribution in [3.63, 3.8) is 0 Å². The molecule has 1 N–H and O–H groups in total. The molecule has 3 rings (SSSR count). The number of amides is 1. The van der Waals surface area contributed by atoms with Crippen molar-refractivity contribution < 1.29 is 17.6 Å². The summed E-state index contributed by atoms with van der Waals surface area (Å²) < 4.78 is 30.7. The van der Waals surface area contributed by atoms with Crippen molar-refractivity contribution in [2.24, 2.45) is 0 Å². The maximum atomic E-state index is 12.5. The number of nitrogens with zero attached hydrogens (tertiary/aromatic N) is 1. The molecule has 0 saturated heterocycles. The van der Waals surface area contributed by atoms with E-state index in [2.05, 4.69) is 5.32 Å². The van der Waals surface area contributed by atoms with Crippen LogP contribution in [-0.4, -0.2) is 37.5 Å². The lowest BCUT2D eigenvalue weighted by atomic mass is 9.95. The topological polar surface area (TPSA) is 79.6 Å². The Labute approximate surface area is 141 Å². The second kappa shape index (κ2) is 6.78. The lowest BCUT2D eigenvalue weighted by Crippen LogP contribution is -2.52. The molecule has 0 saturated carbocycles. The average molecular weight is 348 g/mol. The van der Waals surface area contributed by atoms with E-state index in [1.807, 2.05) is 30.3 Å². The number of sulfonamides is 1. The quantitative estimate of drug-likeness (QED) is 0.884. The summed E-state index contributed by atoms with van der Waals surface area (Å²) in [5, 5.41) is 2.82. The van der Waals surface area contributed by atoms with Gasteiger partial charge in [0.1, 0.15) is 11.8 Å². The van der Waals surface area contributed by atoms with E-state index in [0.717, 1.165) is 23.1 Å². The average Bonchev–Trinajstić information content (AvgIpc) is 3.06. The van der Waals surface area contributed by atoms with Crippen molar-refractivity contribution in [3.05, 3.63) is 59.5 Å². The summed E-state index contributed by atoms with van der Waals surface area (Å²) in [6, 6.07) is 10.5. The fourth-order valence-electron chi connectivity index (χ4n) is 2.95. The molecule has 24 heavy (non-hydrogen) atoms. The molecular weight excluding hydrogens is 328 g/mol. The van der Waals surface area contributed by atoms with Gasteiger partial charge in [-0.3, -0.25) is 4.79 Å². The zero-order valence-corrected chi connectivity index (χ0v) is 14.3. The van der Waals surface area contributed by atoms with Gasteiger partial charge in [-0.25, -0.2) is 8.42 Å². The van der Waals surface area contributed by atoms with Crippen molar-refractivity contribution in [1.29, 1.82) is 0 Å². The normalized spacial score (nSPS) is 18.1. The van der Waals surface area contributed by atoms with Crippen LogP contribution in [0, 0.1) is 0 Å². The minimum Gasteiger partial charge on any atom is -0.469 e. The van der Waals surface area contributed by atoms with Gasteiger partial charge in [-0.2, -0.15) is 4.31 Å². The first-order valence-corrected chi connectivity index (χ1v) is 9.63. The second-order valence-corrected chi connectivity index (χ2v) is 7.85. The largest absolute Gasteiger partial charge is 0.469 e. The molecule has 128 valence electrons. The Morgan fingerprint density at radius 2 is 2.00 bits per heavy atom. The number of hydrogen-bond donors (Lipinski definition) is 1. The summed E-state index contributed by atoms with van der Waals surface area (Å²) in [6.07, 6.45) is 3.68. The Morgan fingerprint density at radius 1 is 1.25 bits per heavy atom. The molecule has 2 heterocycles. The molecule has 0 radical (unpaired) electrons. The minimum atomic E-state index is -3.48. The van der Waals surface area contributed by atoms with Gasteiger partial charge >= 0.3 is 0 Å². The number of carbonyl (C=O) groups is 1. The van der Waals surface area contributed by atoms with Crippen LogP contribution >= 0.6 is 0 Å². The van der Waals surface area contributed by atoms with E-state index in [-0.39, 0.29) is 12.5 Å². The summed E-state index contributed by atoms with van der Waals surface area (Å²) in [6.45, 7) is 0.632. The Hall–Kier alpha value is -2.12. The highest BCUT2D eigenvalue weighted by atomic mass is 32.2. The summed E-state index contributed by atoms with van der Waals surface area (Å²) in [5.74, 6) is 0.505. The Morgan fingerprint density at radius 3 is 2.67 bits per heavy atom. The minimum absolute atomic E-state index is 0.227. The highest BCUT2D eigenvalue weighted by Crippen LogP contribution is 2.25. The molecule has 7 heteroatoms. The molecule has 0 unspecified atom stereocenters. The van der Waals surface area contributed by atoms with Crippen LogP contribution in [0.25, 0.3) is 0 Å². The molecule has 1 aliphatic rings. The van der Waals surface area contributed by atoms with Crippen LogP contribution in [0.1, 0.15) is 16.9 Å². The summed E-state index contributed by atoms with van der Waals surface area (Å²) in [4.78, 5) is 12.5. The number of rotatable bonds is 5. The Balaban J connectivity index is 1.72. The number of fused-ring (bicyclic) bond motifs is 1. The predicted molar refractivity (Wildman–Crippen MR) is 89.7 cm³/mol. The SMILES string of the molecule is CS(=O)(=O)N1Cc2ccccc2C[C@@H]1C(=O)NCCc1ccco1. The molecule has 1 atom stereocenters. The van der Waals surface area contributed by atoms with Gasteiger partial charge in [0.15, 0.2) is 0 Å². The standard InChI is InChI=1S/C17H20N2O4S/c1-24(21,22)19-12-14-6-3-2-5-13(14)11-16(19)17(20)18-9-8-15-7-4-10-23-15/h2-7,10,16H,8-9,11-12H2,1H3,(H,18,20)/t16-/m1/s1. The van der Waals surface area contributed by atoms with Gasteiger partial charge in [0.25, 0.3) is 0 Å². The van der Waals surface area contributed by atoms with Crippen LogP contribution in [-0.2, 0) is 34.2 Å². The number of nitrogens with one attached hydrogen (secondary N) is 1. The summed E-state index contributed by atoms with van der Waals surface area (Å²) in [7, 11) is -3.48. The lowest BCUT2D eigenvalue weighted by molar-refractivity contribution is -0.125. The van der Waals surface area contributed by atoms with Gasteiger partial charge in [0, 0.05) is 19.5 Å². The zero-order chi connectivity index (χ0) is 17.2. The van der Waals surface area contributed by atoms with Crippen molar-refractivity contribution in [2.45, 2.75) is 25.4 Å². The monoisotopic (exact) mass is 348 g/mol. The van der Waals surface area contributed by atoms with Crippen LogP contribution in [0.4, 0.5) is 0 Å². The van der Waals surface area contributed by atoms with Crippen molar-refractivity contribution in [2.75, 3.05) is 12.8 Å². The summed E-state index contributed by atoms with van der Waals surface area (Å²) in [5.41, 5.74) is 1.96. The van der Waals surface area contributed by atoms with Crippen LogP contribution in [0.2, 0.25) is 0 Å². The van der Waals surface area contributed by atoms with E-state index in [9.17, 15) is 13.2 Å². The number of hydrogen-bond acceptors (Lipinski definition) is 4. The molecule has 0 bridgehead atoms. The van der Waals surface area contributed by atoms with Gasteiger partial charge in [0.2, 0.25) is 15.9 Å². The highest BCUT2D eigenvalue weighted by Gasteiger charge is 2.36. The third kappa shape index (κ3) is 3.68. The molecule has 1 aromatic carbocycles. The number of furan rings is 1. The first-order valence-electron chi connectivity index (χ1n) is 7.79. The van der Waals surface area contributed by atoms with Gasteiger partial charge in [-0.15, -0.1) is 0 Å². The second-order valence-electron chi connectivity index (χ2n) is 5.92. The Kier molecular flexibility index (Phi) is 4.73. The number of benzene rings is 1. The van der Waals surface area contributed by atoms with Crippen molar-refractivity contribution >= 4 is 15.9 Å². The van der Waals surface area contributed by atoms with E-state index in [1.165, 1.54) is 4.31 Å². The summed E-state index contributed by atoms with van der Waals surface area (Å²) >= 11 is 0. The predicted octanol–water partition coefficient (Wildman–Crippen LogP) is 1.32. The third-order valence-electron chi connectivity index (χ3n) is 4.18. The van der Waals surface area contributed by atoms with E-state index >= 15 is 0 Å². The van der Waals surface area contributed by atoms with Crippen LogP contribution in [0.5, 0.6) is 0 Å². The molecular formula is C17H20N2O4S. The van der Waals surface area contributed by atoms with E-state index in [0.29, 0.717) is 19.4 Å². The van der Waals surface area contributed by atoms with E-state index < -0.39 is 16.1 Å². The van der Waals surface area contributed by atoms with Crippen LogP contribution in [0.15, 0.2) is 47.1 Å². The number of carbonyl (C=O) groups excluding carboxylic acids is 1. The first kappa shape index (κ1) is 16.7. The van der Waals surface area contributed by atoms with Crippen molar-refractivity contribution in [1.82, 2.24) is 9.62 Å². The molecule has 0 spiro atoms. The lowest BCUT2D eigenvalue weighted by Gasteiger charge is -2.34. The van der Waals surface area contributed by atoms with E-state index in [4.69, 9.17) is 4.42 Å². The maximum absolute atomic E-state index is 12.5. The van der Waals surface area contributed by atoms with Gasteiger partial charge < -0.3 is 9.73 Å². The molecule has 2 aromatic rings. The maximum Gasteiger partial charge on any atom is 0.238 e. The fourth-order valence-corrected chi connectivity index (χ4v) is 3.96. The van der Waals surface area contributed by atoms with Gasteiger partial charge in [-0.05, 0) is 29.7 Å². The molecule has 0 fully saturated rings. The molecule has 6 nitrogen and oxygen atoms in total. The van der Waals surface area contributed by atoms with Gasteiger partial charge in [0.05, 0.1) is 12.5 Å². The zero-order valence-electron chi connectivity index (χ0n) is 13.4. The fraction of sp³-hybridized carbons (Fsp3) is 0.353. The molecule has 1 aromatic heterocycles. The molecule has 0 aliphatic carbocycles. The third-order valence-corrected chi connectivity index (χ3v) is 5.42.